The van der Waals surface area contributed by atoms with Crippen LogP contribution in [0.2, 0.25) is 0 Å². The zero-order valence-electron chi connectivity index (χ0n) is 8.55. The minimum Gasteiger partial charge on any atom is -0.711 e. The number of nitrogens with zero attached hydrogens (tertiary/aromatic N) is 2. The number of benzene rings is 1. The van der Waals surface area contributed by atoms with E-state index in [0.29, 0.717) is 27.9 Å². The predicted molar refractivity (Wildman–Crippen MR) is 60.7 cm³/mol. The van der Waals surface area contributed by atoms with E-state index < -0.39 is 0 Å². The summed E-state index contributed by atoms with van der Waals surface area (Å²) in [7, 11) is 0. The van der Waals surface area contributed by atoms with Crippen LogP contribution in [0.1, 0.15) is 0 Å². The molecule has 0 unspecified atom stereocenters. The van der Waals surface area contributed by atoms with Crippen LogP contribution in [-0.2, 0) is 0 Å². The standard InChI is InChI=1S/C10H12N4O2/c11-8-1-2-9(12-3-4-15)7-5-14(16)6-13-10(7)8/h1-2,5-6,12,15H,3-4,11H2. The highest BCUT2D eigenvalue weighted by Gasteiger charge is 2.10. The second-order valence-corrected chi connectivity index (χ2v) is 3.35. The molecule has 0 saturated carbocycles. The smallest absolute Gasteiger partial charge is 0.289 e. The zero-order chi connectivity index (χ0) is 11.5. The maximum absolute atomic E-state index is 11.2. The van der Waals surface area contributed by atoms with Crippen molar-refractivity contribution in [1.29, 1.82) is 0 Å². The van der Waals surface area contributed by atoms with Gasteiger partial charge in [0.25, 0.3) is 6.33 Å². The fourth-order valence-corrected chi connectivity index (χ4v) is 1.52. The quantitative estimate of drug-likeness (QED) is 0.380. The van der Waals surface area contributed by atoms with Gasteiger partial charge in [-0.25, -0.2) is 4.73 Å². The van der Waals surface area contributed by atoms with E-state index in [4.69, 9.17) is 10.8 Å². The van der Waals surface area contributed by atoms with Crippen molar-refractivity contribution in [3.05, 3.63) is 29.9 Å². The van der Waals surface area contributed by atoms with Crippen LogP contribution in [-0.4, -0.2) is 23.2 Å². The Kier molecular flexibility index (Phi) is 2.74. The van der Waals surface area contributed by atoms with Crippen LogP contribution in [0.25, 0.3) is 10.9 Å². The van der Waals surface area contributed by atoms with E-state index in [9.17, 15) is 5.21 Å². The SMILES string of the molecule is Nc1ccc(NCCO)c2c[n+]([O-])cnc12. The summed E-state index contributed by atoms with van der Waals surface area (Å²) in [6.07, 6.45) is 2.56. The van der Waals surface area contributed by atoms with Crippen molar-refractivity contribution in [3.63, 3.8) is 0 Å². The summed E-state index contributed by atoms with van der Waals surface area (Å²) < 4.78 is 0.617. The van der Waals surface area contributed by atoms with E-state index in [1.165, 1.54) is 6.20 Å². The Bertz CT molecular complexity index is 515. The first kappa shape index (κ1) is 10.4. The number of nitrogens with one attached hydrogen (secondary N) is 1. The van der Waals surface area contributed by atoms with Gasteiger partial charge in [0.1, 0.15) is 6.20 Å². The lowest BCUT2D eigenvalue weighted by Crippen LogP contribution is -2.25. The highest BCUT2D eigenvalue weighted by Crippen LogP contribution is 2.24. The Balaban J connectivity index is 2.56. The van der Waals surface area contributed by atoms with Crippen LogP contribution in [0.5, 0.6) is 0 Å². The molecule has 16 heavy (non-hydrogen) atoms. The Morgan fingerprint density at radius 3 is 3.06 bits per heavy atom. The number of fused-ring (bicyclic) bond motifs is 1. The molecule has 84 valence electrons. The fourth-order valence-electron chi connectivity index (χ4n) is 1.52. The second-order valence-electron chi connectivity index (χ2n) is 3.35. The van der Waals surface area contributed by atoms with Crippen LogP contribution in [0.15, 0.2) is 24.7 Å². The monoisotopic (exact) mass is 220 g/mol. The largest absolute Gasteiger partial charge is 0.711 e. The number of hydrogen-bond acceptors (Lipinski definition) is 5. The predicted octanol–water partition coefficient (Wildman–Crippen LogP) is -0.145. The summed E-state index contributed by atoms with van der Waals surface area (Å²) in [5.41, 5.74) is 7.58. The number of aromatic nitrogens is 2. The van der Waals surface area contributed by atoms with Crippen molar-refractivity contribution >= 4 is 22.3 Å². The summed E-state index contributed by atoms with van der Waals surface area (Å²) in [5, 5.41) is 23.5. The average molecular weight is 220 g/mol. The number of nitrogens with two attached hydrogens (primary N) is 1. The van der Waals surface area contributed by atoms with E-state index >= 15 is 0 Å². The van der Waals surface area contributed by atoms with Gasteiger partial charge >= 0.3 is 0 Å². The molecule has 0 spiro atoms. The van der Waals surface area contributed by atoms with Crippen LogP contribution in [0.4, 0.5) is 11.4 Å². The van der Waals surface area contributed by atoms with Gasteiger partial charge in [0, 0.05) is 12.2 Å². The molecule has 6 heteroatoms. The first-order valence-corrected chi connectivity index (χ1v) is 4.84. The van der Waals surface area contributed by atoms with Crippen molar-refractivity contribution < 1.29 is 9.84 Å². The third-order valence-electron chi connectivity index (χ3n) is 2.23. The van der Waals surface area contributed by atoms with Crippen molar-refractivity contribution in [2.24, 2.45) is 0 Å². The van der Waals surface area contributed by atoms with E-state index in [1.54, 1.807) is 12.1 Å². The molecule has 0 aliphatic rings. The summed E-state index contributed by atoms with van der Waals surface area (Å²) >= 11 is 0. The molecule has 0 atom stereocenters. The number of aliphatic hydroxyl groups excluding tert-OH is 1. The minimum absolute atomic E-state index is 0.0174. The first-order valence-electron chi connectivity index (χ1n) is 4.84. The molecular weight excluding hydrogens is 208 g/mol. The molecule has 0 aliphatic carbocycles. The fraction of sp³-hybridized carbons (Fsp3) is 0.200. The van der Waals surface area contributed by atoms with Crippen LogP contribution < -0.4 is 15.8 Å². The lowest BCUT2D eigenvalue weighted by atomic mass is 10.2. The molecule has 1 aromatic heterocycles. The van der Waals surface area contributed by atoms with Gasteiger partial charge in [0.05, 0.1) is 17.7 Å². The topological polar surface area (TPSA) is 98.1 Å². The third kappa shape index (κ3) is 1.82. The van der Waals surface area contributed by atoms with Crippen LogP contribution >= 0.6 is 0 Å². The molecule has 1 aromatic carbocycles. The normalized spacial score (nSPS) is 10.6. The van der Waals surface area contributed by atoms with E-state index in [1.807, 2.05) is 0 Å². The summed E-state index contributed by atoms with van der Waals surface area (Å²) in [4.78, 5) is 3.97. The Morgan fingerprint density at radius 2 is 2.31 bits per heavy atom. The highest BCUT2D eigenvalue weighted by atomic mass is 16.5. The van der Waals surface area contributed by atoms with Crippen LogP contribution in [0.3, 0.4) is 0 Å². The lowest BCUT2D eigenvalue weighted by Gasteiger charge is -2.08. The van der Waals surface area contributed by atoms with E-state index in [0.717, 1.165) is 12.0 Å². The van der Waals surface area contributed by atoms with Crippen LogP contribution in [0, 0.1) is 5.21 Å². The first-order chi connectivity index (χ1) is 7.72. The van der Waals surface area contributed by atoms with Gasteiger partial charge in [-0.05, 0) is 17.1 Å². The Hall–Kier alpha value is -2.08. The molecular formula is C10H12N4O2. The number of aliphatic hydroxyl groups is 1. The van der Waals surface area contributed by atoms with E-state index in [-0.39, 0.29) is 6.61 Å². The second kappa shape index (κ2) is 4.19. The maximum Gasteiger partial charge on any atom is 0.289 e. The number of anilines is 2. The summed E-state index contributed by atoms with van der Waals surface area (Å²) in [6, 6.07) is 3.47. The summed E-state index contributed by atoms with van der Waals surface area (Å²) in [5.74, 6) is 0. The molecule has 4 N–H and O–H groups in total. The molecule has 0 bridgehead atoms. The van der Waals surface area contributed by atoms with Gasteiger partial charge in [-0.2, -0.15) is 0 Å². The third-order valence-corrected chi connectivity index (χ3v) is 2.23. The zero-order valence-corrected chi connectivity index (χ0v) is 8.55. The van der Waals surface area contributed by atoms with Crippen molar-refractivity contribution in [2.75, 3.05) is 24.2 Å². The van der Waals surface area contributed by atoms with Gasteiger partial charge in [-0.3, -0.25) is 0 Å². The van der Waals surface area contributed by atoms with E-state index in [2.05, 4.69) is 10.3 Å². The molecule has 2 rings (SSSR count). The average Bonchev–Trinajstić information content (AvgIpc) is 2.28. The number of hydrogen-bond donors (Lipinski definition) is 3. The molecule has 0 fully saturated rings. The van der Waals surface area contributed by atoms with Gasteiger partial charge in [-0.15, -0.1) is 0 Å². The number of nitrogen functional groups attached to an aromatic ring is 1. The molecule has 0 aliphatic heterocycles. The molecule has 6 nitrogen and oxygen atoms in total. The van der Waals surface area contributed by atoms with Crippen molar-refractivity contribution in [3.8, 4) is 0 Å². The minimum atomic E-state index is 0.0174. The molecule has 2 aromatic rings. The maximum atomic E-state index is 11.2. The highest BCUT2D eigenvalue weighted by molar-refractivity contribution is 5.97. The number of rotatable bonds is 3. The molecule has 1 heterocycles. The van der Waals surface area contributed by atoms with Crippen molar-refractivity contribution in [2.45, 2.75) is 0 Å². The molecule has 0 radical (unpaired) electrons. The lowest BCUT2D eigenvalue weighted by molar-refractivity contribution is -0.607. The Labute approximate surface area is 91.9 Å². The van der Waals surface area contributed by atoms with Crippen molar-refractivity contribution in [1.82, 2.24) is 4.98 Å². The van der Waals surface area contributed by atoms with Gasteiger partial charge in [0.15, 0.2) is 0 Å². The van der Waals surface area contributed by atoms with Gasteiger partial charge < -0.3 is 21.4 Å². The summed E-state index contributed by atoms with van der Waals surface area (Å²) in [6.45, 7) is 0.427. The van der Waals surface area contributed by atoms with Gasteiger partial charge in [-0.1, -0.05) is 0 Å². The van der Waals surface area contributed by atoms with Gasteiger partial charge in [0.2, 0.25) is 5.52 Å². The Morgan fingerprint density at radius 1 is 1.50 bits per heavy atom. The molecule has 0 amide bonds. The molecule has 0 saturated heterocycles.